The van der Waals surface area contributed by atoms with E-state index in [9.17, 15) is 0 Å². The van der Waals surface area contributed by atoms with Gasteiger partial charge in [-0.15, -0.1) is 0 Å². The summed E-state index contributed by atoms with van der Waals surface area (Å²) >= 11 is 0. The second-order valence-electron chi connectivity index (χ2n) is 7.09. The second kappa shape index (κ2) is 9.15. The fourth-order valence-corrected chi connectivity index (χ4v) is 3.86. The summed E-state index contributed by atoms with van der Waals surface area (Å²) < 4.78 is 11.2. The van der Waals surface area contributed by atoms with Gasteiger partial charge in [0.2, 0.25) is 0 Å². The quantitative estimate of drug-likeness (QED) is 0.610. The molecule has 1 aliphatic heterocycles. The number of ether oxygens (including phenoxy) is 1. The smallest absolute Gasteiger partial charge is 0.142 e. The first kappa shape index (κ1) is 18.9. The Bertz CT molecular complexity index is 825. The van der Waals surface area contributed by atoms with Crippen molar-refractivity contribution in [1.29, 1.82) is 0 Å². The Morgan fingerprint density at radius 2 is 1.68 bits per heavy atom. The molecule has 0 radical (unpaired) electrons. The van der Waals surface area contributed by atoms with E-state index in [2.05, 4.69) is 58.6 Å². The molecule has 5 heteroatoms. The highest BCUT2D eigenvalue weighted by Crippen LogP contribution is 2.36. The van der Waals surface area contributed by atoms with Crippen molar-refractivity contribution in [3.63, 3.8) is 0 Å². The number of aliphatic hydroxyl groups excluding tert-OH is 1. The van der Waals surface area contributed by atoms with Gasteiger partial charge in [-0.25, -0.2) is 0 Å². The van der Waals surface area contributed by atoms with Crippen LogP contribution in [0.3, 0.4) is 0 Å². The summed E-state index contributed by atoms with van der Waals surface area (Å²) in [5.74, 6) is 1.06. The van der Waals surface area contributed by atoms with E-state index in [0.717, 1.165) is 37.5 Å². The zero-order chi connectivity index (χ0) is 19.2. The highest BCUT2D eigenvalue weighted by molar-refractivity contribution is 5.44. The molecule has 0 spiro atoms. The van der Waals surface area contributed by atoms with E-state index < -0.39 is 0 Å². The van der Waals surface area contributed by atoms with E-state index >= 15 is 0 Å². The minimum Gasteiger partial charge on any atom is -0.394 e. The summed E-state index contributed by atoms with van der Waals surface area (Å²) in [6.45, 7) is 3.67. The van der Waals surface area contributed by atoms with Crippen molar-refractivity contribution >= 4 is 0 Å². The zero-order valence-corrected chi connectivity index (χ0v) is 16.0. The van der Waals surface area contributed by atoms with Crippen LogP contribution in [0.5, 0.6) is 0 Å². The molecule has 28 heavy (non-hydrogen) atoms. The minimum atomic E-state index is 0.0560. The SMILES string of the molecule is OCCOCCN1CCc2onc(C(c3ccccc3)c3ccccc3)c2C1. The van der Waals surface area contributed by atoms with Gasteiger partial charge in [0.15, 0.2) is 0 Å². The number of benzene rings is 2. The van der Waals surface area contributed by atoms with E-state index in [-0.39, 0.29) is 12.5 Å². The lowest BCUT2D eigenvalue weighted by atomic mass is 9.85. The highest BCUT2D eigenvalue weighted by atomic mass is 16.5. The van der Waals surface area contributed by atoms with Gasteiger partial charge >= 0.3 is 0 Å². The van der Waals surface area contributed by atoms with Crippen LogP contribution in [-0.2, 0) is 17.7 Å². The van der Waals surface area contributed by atoms with Gasteiger partial charge in [0.1, 0.15) is 11.5 Å². The normalized spacial score (nSPS) is 14.4. The van der Waals surface area contributed by atoms with E-state index in [0.29, 0.717) is 13.2 Å². The van der Waals surface area contributed by atoms with Crippen molar-refractivity contribution in [2.75, 3.05) is 32.9 Å². The van der Waals surface area contributed by atoms with Crippen molar-refractivity contribution in [2.45, 2.75) is 18.9 Å². The molecule has 0 saturated carbocycles. The van der Waals surface area contributed by atoms with Crippen LogP contribution in [0.15, 0.2) is 65.2 Å². The fourth-order valence-electron chi connectivity index (χ4n) is 3.86. The number of nitrogens with zero attached hydrogens (tertiary/aromatic N) is 2. The van der Waals surface area contributed by atoms with Crippen LogP contribution in [0.2, 0.25) is 0 Å². The first-order chi connectivity index (χ1) is 13.9. The van der Waals surface area contributed by atoms with Gasteiger partial charge in [-0.05, 0) is 11.1 Å². The third kappa shape index (κ3) is 4.17. The molecular formula is C23H26N2O3. The Morgan fingerprint density at radius 1 is 1.00 bits per heavy atom. The summed E-state index contributed by atoms with van der Waals surface area (Å²) in [7, 11) is 0. The van der Waals surface area contributed by atoms with Crippen molar-refractivity contribution in [3.05, 3.63) is 88.8 Å². The predicted molar refractivity (Wildman–Crippen MR) is 107 cm³/mol. The van der Waals surface area contributed by atoms with Crippen LogP contribution in [0.25, 0.3) is 0 Å². The predicted octanol–water partition coefficient (Wildman–Crippen LogP) is 3.22. The van der Waals surface area contributed by atoms with Crippen molar-refractivity contribution in [2.24, 2.45) is 0 Å². The average molecular weight is 378 g/mol. The van der Waals surface area contributed by atoms with Crippen LogP contribution in [-0.4, -0.2) is 48.1 Å². The number of fused-ring (bicyclic) bond motifs is 1. The molecule has 2 aromatic carbocycles. The topological polar surface area (TPSA) is 58.7 Å². The van der Waals surface area contributed by atoms with E-state index in [1.807, 2.05) is 12.1 Å². The van der Waals surface area contributed by atoms with Gasteiger partial charge in [0, 0.05) is 31.6 Å². The molecule has 0 bridgehead atoms. The molecule has 1 aliphatic rings. The maximum atomic E-state index is 8.86. The lowest BCUT2D eigenvalue weighted by Crippen LogP contribution is -2.33. The Kier molecular flexibility index (Phi) is 6.17. The molecule has 1 N–H and O–H groups in total. The Morgan fingerprint density at radius 3 is 2.32 bits per heavy atom. The highest BCUT2D eigenvalue weighted by Gasteiger charge is 2.29. The Labute approximate surface area is 165 Å². The number of rotatable bonds is 8. The largest absolute Gasteiger partial charge is 0.394 e. The number of aliphatic hydroxyl groups is 1. The van der Waals surface area contributed by atoms with Crippen LogP contribution in [0.4, 0.5) is 0 Å². The van der Waals surface area contributed by atoms with E-state index in [4.69, 9.17) is 14.4 Å². The van der Waals surface area contributed by atoms with Gasteiger partial charge < -0.3 is 14.4 Å². The van der Waals surface area contributed by atoms with E-state index in [1.54, 1.807) is 0 Å². The van der Waals surface area contributed by atoms with Gasteiger partial charge in [-0.3, -0.25) is 4.90 Å². The summed E-state index contributed by atoms with van der Waals surface area (Å²) in [4.78, 5) is 2.37. The third-order valence-corrected chi connectivity index (χ3v) is 5.26. The van der Waals surface area contributed by atoms with Gasteiger partial charge in [-0.2, -0.15) is 0 Å². The zero-order valence-electron chi connectivity index (χ0n) is 16.0. The molecule has 0 atom stereocenters. The lowest BCUT2D eigenvalue weighted by Gasteiger charge is -2.27. The van der Waals surface area contributed by atoms with Crippen LogP contribution >= 0.6 is 0 Å². The summed E-state index contributed by atoms with van der Waals surface area (Å²) in [5.41, 5.74) is 4.64. The second-order valence-corrected chi connectivity index (χ2v) is 7.09. The molecule has 4 rings (SSSR count). The molecule has 0 unspecified atom stereocenters. The summed E-state index contributed by atoms with van der Waals surface area (Å²) in [6, 6.07) is 21.0. The fraction of sp³-hybridized carbons (Fsp3) is 0.348. The minimum absolute atomic E-state index is 0.0560. The van der Waals surface area contributed by atoms with Crippen LogP contribution in [0.1, 0.15) is 34.1 Å². The summed E-state index contributed by atoms with van der Waals surface area (Å²) in [5, 5.41) is 13.4. The molecule has 2 heterocycles. The molecule has 0 fully saturated rings. The molecule has 146 valence electrons. The van der Waals surface area contributed by atoms with Gasteiger partial charge in [-0.1, -0.05) is 65.8 Å². The van der Waals surface area contributed by atoms with E-state index in [1.165, 1.54) is 16.7 Å². The van der Waals surface area contributed by atoms with Crippen molar-refractivity contribution < 1.29 is 14.4 Å². The summed E-state index contributed by atoms with van der Waals surface area (Å²) in [6.07, 6.45) is 0.860. The number of hydrogen-bond donors (Lipinski definition) is 1. The third-order valence-electron chi connectivity index (χ3n) is 5.26. The van der Waals surface area contributed by atoms with Gasteiger partial charge in [0.05, 0.1) is 25.7 Å². The van der Waals surface area contributed by atoms with Crippen molar-refractivity contribution in [1.82, 2.24) is 10.1 Å². The van der Waals surface area contributed by atoms with Crippen LogP contribution in [0, 0.1) is 0 Å². The number of hydrogen-bond acceptors (Lipinski definition) is 5. The maximum absolute atomic E-state index is 8.86. The Balaban J connectivity index is 1.62. The first-order valence-corrected chi connectivity index (χ1v) is 9.85. The first-order valence-electron chi connectivity index (χ1n) is 9.85. The lowest BCUT2D eigenvalue weighted by molar-refractivity contribution is 0.0700. The standard InChI is InChI=1S/C23H26N2O3/c26-14-16-27-15-13-25-12-11-21-20(17-25)23(24-28-21)22(18-7-3-1-4-8-18)19-9-5-2-6-10-19/h1-10,22,26H,11-17H2. The molecule has 0 aliphatic carbocycles. The maximum Gasteiger partial charge on any atom is 0.142 e. The van der Waals surface area contributed by atoms with Crippen LogP contribution < -0.4 is 0 Å². The molecule has 0 saturated heterocycles. The van der Waals surface area contributed by atoms with Crippen molar-refractivity contribution in [3.8, 4) is 0 Å². The van der Waals surface area contributed by atoms with Gasteiger partial charge in [0.25, 0.3) is 0 Å². The molecule has 0 amide bonds. The average Bonchev–Trinajstić information content (AvgIpc) is 3.16. The molecular weight excluding hydrogens is 352 g/mol. The Hall–Kier alpha value is -2.47. The molecule has 3 aromatic rings. The molecule has 5 nitrogen and oxygen atoms in total. The molecule has 1 aromatic heterocycles. The number of aromatic nitrogens is 1. The monoisotopic (exact) mass is 378 g/mol.